The maximum Gasteiger partial charge on any atom is 0.262 e. The van der Waals surface area contributed by atoms with Crippen LogP contribution in [0.1, 0.15) is 42.3 Å². The highest BCUT2D eigenvalue weighted by Crippen LogP contribution is 2.30. The molecule has 0 bridgehead atoms. The number of carbonyl (C=O) groups is 2. The molecule has 3 rings (SSSR count). The van der Waals surface area contributed by atoms with Crippen LogP contribution >= 0.6 is 34.8 Å². The van der Waals surface area contributed by atoms with Gasteiger partial charge in [0.05, 0.1) is 23.4 Å². The quantitative estimate of drug-likeness (QED) is 0.201. The van der Waals surface area contributed by atoms with Crippen LogP contribution in [0.25, 0.3) is 0 Å². The Labute approximate surface area is 237 Å². The highest BCUT2D eigenvalue weighted by atomic mass is 35.5. The number of hydrogen-bond donors (Lipinski definition) is 2. The fourth-order valence-corrected chi connectivity index (χ4v) is 4.11. The monoisotopic (exact) mass is 575 g/mol. The van der Waals surface area contributed by atoms with Crippen LogP contribution in [-0.2, 0) is 11.4 Å². The molecule has 0 aliphatic carbocycles. The minimum absolute atomic E-state index is 0.188. The van der Waals surface area contributed by atoms with E-state index in [0.717, 1.165) is 5.56 Å². The Bertz CT molecular complexity index is 1310. The predicted octanol–water partition coefficient (Wildman–Crippen LogP) is 6.53. The molecule has 3 aromatic carbocycles. The summed E-state index contributed by atoms with van der Waals surface area (Å²) in [7, 11) is 0. The summed E-state index contributed by atoms with van der Waals surface area (Å²) in [4.78, 5) is 25.4. The summed E-state index contributed by atoms with van der Waals surface area (Å²) < 4.78 is 11.6. The summed E-state index contributed by atoms with van der Waals surface area (Å²) in [5.41, 5.74) is 4.24. The Morgan fingerprint density at radius 2 is 1.71 bits per heavy atom. The van der Waals surface area contributed by atoms with Gasteiger partial charge < -0.3 is 14.8 Å². The van der Waals surface area contributed by atoms with E-state index < -0.39 is 17.9 Å². The summed E-state index contributed by atoms with van der Waals surface area (Å²) in [6.07, 6.45) is 1.48. The first-order valence-electron chi connectivity index (χ1n) is 11.9. The number of benzene rings is 3. The number of ether oxygens (including phenoxy) is 2. The van der Waals surface area contributed by atoms with E-state index >= 15 is 0 Å². The first-order chi connectivity index (χ1) is 18.2. The Kier molecular flexibility index (Phi) is 10.8. The van der Waals surface area contributed by atoms with E-state index in [1.54, 1.807) is 60.7 Å². The van der Waals surface area contributed by atoms with Crippen molar-refractivity contribution in [3.8, 4) is 11.5 Å². The second kappa shape index (κ2) is 14.0. The Morgan fingerprint density at radius 1 is 0.947 bits per heavy atom. The summed E-state index contributed by atoms with van der Waals surface area (Å²) in [6.45, 7) is 6.17. The van der Waals surface area contributed by atoms with E-state index in [-0.39, 0.29) is 12.5 Å². The van der Waals surface area contributed by atoms with E-state index in [2.05, 4.69) is 15.8 Å². The van der Waals surface area contributed by atoms with E-state index in [1.807, 2.05) is 20.8 Å². The van der Waals surface area contributed by atoms with Gasteiger partial charge in [-0.15, -0.1) is 0 Å². The molecular formula is C28H28Cl3N3O4. The van der Waals surface area contributed by atoms with Gasteiger partial charge in [0.15, 0.2) is 11.5 Å². The van der Waals surface area contributed by atoms with Crippen molar-refractivity contribution in [3.05, 3.63) is 92.4 Å². The number of halogens is 3. The molecule has 0 saturated carbocycles. The SMILES string of the molecule is CCOc1cc(C=NNC(=O)C(NC(=O)c2ccccc2Cl)C(C)C)ccc1OCc1ccc(Cl)cc1Cl. The van der Waals surface area contributed by atoms with Gasteiger partial charge in [0.2, 0.25) is 0 Å². The molecule has 2 amide bonds. The van der Waals surface area contributed by atoms with Gasteiger partial charge in [0.25, 0.3) is 11.8 Å². The lowest BCUT2D eigenvalue weighted by atomic mass is 10.0. The number of carbonyl (C=O) groups excluding carboxylic acids is 2. The van der Waals surface area contributed by atoms with Crippen LogP contribution in [-0.4, -0.2) is 30.7 Å². The van der Waals surface area contributed by atoms with Crippen molar-refractivity contribution < 1.29 is 19.1 Å². The maximum absolute atomic E-state index is 12.8. The zero-order chi connectivity index (χ0) is 27.7. The van der Waals surface area contributed by atoms with Crippen LogP contribution in [0.5, 0.6) is 11.5 Å². The van der Waals surface area contributed by atoms with Crippen LogP contribution in [0.3, 0.4) is 0 Å². The molecule has 3 aromatic rings. The Balaban J connectivity index is 1.65. The highest BCUT2D eigenvalue weighted by Gasteiger charge is 2.25. The summed E-state index contributed by atoms with van der Waals surface area (Å²) >= 11 is 18.3. The van der Waals surface area contributed by atoms with Crippen molar-refractivity contribution >= 4 is 52.8 Å². The molecule has 0 heterocycles. The molecule has 2 N–H and O–H groups in total. The van der Waals surface area contributed by atoms with Gasteiger partial charge in [-0.05, 0) is 60.9 Å². The fourth-order valence-electron chi connectivity index (χ4n) is 3.43. The Hall–Kier alpha value is -3.26. The molecule has 0 radical (unpaired) electrons. The third-order valence-electron chi connectivity index (χ3n) is 5.41. The average Bonchev–Trinajstić information content (AvgIpc) is 2.87. The summed E-state index contributed by atoms with van der Waals surface area (Å²) in [6, 6.07) is 16.3. The van der Waals surface area contributed by atoms with Gasteiger partial charge in [-0.25, -0.2) is 5.43 Å². The Morgan fingerprint density at radius 3 is 2.39 bits per heavy atom. The van der Waals surface area contributed by atoms with E-state index in [9.17, 15) is 9.59 Å². The van der Waals surface area contributed by atoms with Crippen LogP contribution < -0.4 is 20.2 Å². The standard InChI is InChI=1S/C28H28Cl3N3O4/c1-4-37-25-13-18(9-12-24(25)38-16-19-10-11-20(29)14-23(19)31)15-32-34-28(36)26(17(2)3)33-27(35)21-7-5-6-8-22(21)30/h5-15,17,26H,4,16H2,1-3H3,(H,33,35)(H,34,36). The normalized spacial score (nSPS) is 11.9. The third kappa shape index (κ3) is 8.12. The molecule has 0 spiro atoms. The largest absolute Gasteiger partial charge is 0.490 e. The van der Waals surface area contributed by atoms with Crippen molar-refractivity contribution in [1.82, 2.24) is 10.7 Å². The first-order valence-corrected chi connectivity index (χ1v) is 13.0. The third-order valence-corrected chi connectivity index (χ3v) is 6.33. The molecule has 7 nitrogen and oxygen atoms in total. The molecule has 200 valence electrons. The number of hydrazone groups is 1. The first kappa shape index (κ1) is 29.3. The average molecular weight is 577 g/mol. The van der Waals surface area contributed by atoms with Gasteiger partial charge in [-0.2, -0.15) is 5.10 Å². The fraction of sp³-hybridized carbons (Fsp3) is 0.250. The zero-order valence-corrected chi connectivity index (χ0v) is 23.4. The van der Waals surface area contributed by atoms with Crippen LogP contribution in [0.4, 0.5) is 0 Å². The van der Waals surface area contributed by atoms with Crippen LogP contribution in [0, 0.1) is 5.92 Å². The van der Waals surface area contributed by atoms with Crippen molar-refractivity contribution in [2.75, 3.05) is 6.61 Å². The topological polar surface area (TPSA) is 89.0 Å². The molecule has 0 aliphatic rings. The lowest BCUT2D eigenvalue weighted by Gasteiger charge is -2.20. The van der Waals surface area contributed by atoms with E-state index in [4.69, 9.17) is 44.3 Å². The van der Waals surface area contributed by atoms with Gasteiger partial charge in [-0.3, -0.25) is 9.59 Å². The number of hydrogen-bond acceptors (Lipinski definition) is 5. The summed E-state index contributed by atoms with van der Waals surface area (Å²) in [5, 5.41) is 8.15. The lowest BCUT2D eigenvalue weighted by Crippen LogP contribution is -2.48. The molecule has 38 heavy (non-hydrogen) atoms. The summed E-state index contributed by atoms with van der Waals surface area (Å²) in [5.74, 6) is -0.0420. The van der Waals surface area contributed by atoms with Gasteiger partial charge in [0, 0.05) is 15.6 Å². The number of amides is 2. The molecule has 10 heteroatoms. The minimum Gasteiger partial charge on any atom is -0.490 e. The number of nitrogens with zero attached hydrogens (tertiary/aromatic N) is 1. The lowest BCUT2D eigenvalue weighted by molar-refractivity contribution is -0.123. The molecule has 1 unspecified atom stereocenters. The molecule has 0 aromatic heterocycles. The minimum atomic E-state index is -0.814. The maximum atomic E-state index is 12.8. The van der Waals surface area contributed by atoms with Crippen molar-refractivity contribution in [2.24, 2.45) is 11.0 Å². The smallest absolute Gasteiger partial charge is 0.262 e. The highest BCUT2D eigenvalue weighted by molar-refractivity contribution is 6.35. The molecule has 0 fully saturated rings. The van der Waals surface area contributed by atoms with E-state index in [1.165, 1.54) is 6.21 Å². The molecule has 0 saturated heterocycles. The molecule has 1 atom stereocenters. The second-order valence-electron chi connectivity index (χ2n) is 8.57. The number of nitrogens with one attached hydrogen (secondary N) is 2. The van der Waals surface area contributed by atoms with Gasteiger partial charge in [0.1, 0.15) is 12.6 Å². The van der Waals surface area contributed by atoms with Crippen LogP contribution in [0.15, 0.2) is 65.8 Å². The second-order valence-corrected chi connectivity index (χ2v) is 9.82. The predicted molar refractivity (Wildman–Crippen MR) is 152 cm³/mol. The van der Waals surface area contributed by atoms with Crippen molar-refractivity contribution in [3.63, 3.8) is 0 Å². The number of rotatable bonds is 11. The van der Waals surface area contributed by atoms with Crippen molar-refractivity contribution in [2.45, 2.75) is 33.4 Å². The van der Waals surface area contributed by atoms with Gasteiger partial charge >= 0.3 is 0 Å². The zero-order valence-electron chi connectivity index (χ0n) is 21.1. The van der Waals surface area contributed by atoms with E-state index in [0.29, 0.717) is 44.3 Å². The molecule has 0 aliphatic heterocycles. The van der Waals surface area contributed by atoms with Crippen LogP contribution in [0.2, 0.25) is 15.1 Å². The van der Waals surface area contributed by atoms with Crippen molar-refractivity contribution in [1.29, 1.82) is 0 Å². The molecular weight excluding hydrogens is 549 g/mol. The van der Waals surface area contributed by atoms with Gasteiger partial charge in [-0.1, -0.05) is 66.8 Å².